The number of methoxy groups -OCH3 is 1. The summed E-state index contributed by atoms with van der Waals surface area (Å²) >= 11 is 8.89. The Hall–Kier alpha value is -1.34. The highest BCUT2D eigenvalue weighted by atomic mass is 79.9. The molecule has 0 saturated carbocycles. The highest BCUT2D eigenvalue weighted by molar-refractivity contribution is 9.10. The zero-order valence-corrected chi connectivity index (χ0v) is 12.4. The molecule has 0 aromatic heterocycles. The van der Waals surface area contributed by atoms with Crippen LogP contribution in [0.1, 0.15) is 12.8 Å². The van der Waals surface area contributed by atoms with Crippen molar-refractivity contribution < 1.29 is 19.2 Å². The predicted molar refractivity (Wildman–Crippen MR) is 72.6 cm³/mol. The normalized spacial score (nSPS) is 10.1. The van der Waals surface area contributed by atoms with Gasteiger partial charge in [0.2, 0.25) is 5.75 Å². The minimum absolute atomic E-state index is 0.0965. The number of benzene rings is 1. The molecule has 0 atom stereocenters. The molecular formula is C11H11BrClNO5. The molecule has 0 N–H and O–H groups in total. The molecule has 0 radical (unpaired) electrons. The van der Waals surface area contributed by atoms with Crippen LogP contribution in [0.5, 0.6) is 5.75 Å². The Labute approximate surface area is 122 Å². The molecule has 1 aromatic rings. The SMILES string of the molecule is COC(=O)CCCOc1c(Br)cc(Cl)cc1[N+](=O)[O-]. The van der Waals surface area contributed by atoms with Crippen LogP contribution in [0.3, 0.4) is 0 Å². The van der Waals surface area contributed by atoms with Crippen molar-refractivity contribution in [1.82, 2.24) is 0 Å². The van der Waals surface area contributed by atoms with Crippen LogP contribution in [0.15, 0.2) is 16.6 Å². The quantitative estimate of drug-likeness (QED) is 0.339. The highest BCUT2D eigenvalue weighted by Gasteiger charge is 2.20. The van der Waals surface area contributed by atoms with E-state index in [0.29, 0.717) is 10.9 Å². The van der Waals surface area contributed by atoms with Gasteiger partial charge in [-0.25, -0.2) is 0 Å². The molecule has 0 bridgehead atoms. The van der Waals surface area contributed by atoms with E-state index >= 15 is 0 Å². The number of rotatable bonds is 6. The average Bonchev–Trinajstić information content (AvgIpc) is 2.35. The van der Waals surface area contributed by atoms with Gasteiger partial charge in [0, 0.05) is 17.5 Å². The third-order valence-electron chi connectivity index (χ3n) is 2.18. The first-order valence-electron chi connectivity index (χ1n) is 5.28. The Kier molecular flexibility index (Phi) is 6.04. The van der Waals surface area contributed by atoms with E-state index in [1.807, 2.05) is 0 Å². The second-order valence-electron chi connectivity index (χ2n) is 3.52. The highest BCUT2D eigenvalue weighted by Crippen LogP contribution is 2.37. The number of nitro benzene ring substituents is 1. The molecule has 0 unspecified atom stereocenters. The summed E-state index contributed by atoms with van der Waals surface area (Å²) in [5, 5.41) is 11.1. The Morgan fingerprint density at radius 3 is 2.79 bits per heavy atom. The molecule has 104 valence electrons. The Bertz CT molecular complexity index is 494. The van der Waals surface area contributed by atoms with Gasteiger partial charge in [-0.15, -0.1) is 0 Å². The van der Waals surface area contributed by atoms with E-state index in [9.17, 15) is 14.9 Å². The molecule has 6 nitrogen and oxygen atoms in total. The van der Waals surface area contributed by atoms with Crippen molar-refractivity contribution in [3.8, 4) is 5.75 Å². The fourth-order valence-corrected chi connectivity index (χ4v) is 2.23. The van der Waals surface area contributed by atoms with E-state index in [2.05, 4.69) is 20.7 Å². The maximum Gasteiger partial charge on any atom is 0.313 e. The monoisotopic (exact) mass is 351 g/mol. The topological polar surface area (TPSA) is 78.7 Å². The first-order chi connectivity index (χ1) is 8.95. The number of carbonyl (C=O) groups excluding carboxylic acids is 1. The van der Waals surface area contributed by atoms with Gasteiger partial charge in [-0.05, 0) is 28.4 Å². The van der Waals surface area contributed by atoms with E-state index in [1.54, 1.807) is 0 Å². The number of nitro groups is 1. The summed E-state index contributed by atoms with van der Waals surface area (Å²) in [6.07, 6.45) is 0.592. The molecular weight excluding hydrogens is 341 g/mol. The second kappa shape index (κ2) is 7.30. The number of hydrogen-bond donors (Lipinski definition) is 0. The number of carbonyl (C=O) groups is 1. The number of halogens is 2. The number of hydrogen-bond acceptors (Lipinski definition) is 5. The molecule has 19 heavy (non-hydrogen) atoms. The van der Waals surface area contributed by atoms with Crippen molar-refractivity contribution in [1.29, 1.82) is 0 Å². The van der Waals surface area contributed by atoms with Crippen LogP contribution in [0.4, 0.5) is 5.69 Å². The van der Waals surface area contributed by atoms with Gasteiger partial charge in [0.05, 0.1) is 23.1 Å². The molecule has 8 heteroatoms. The van der Waals surface area contributed by atoms with Gasteiger partial charge in [0.25, 0.3) is 0 Å². The largest absolute Gasteiger partial charge is 0.486 e. The van der Waals surface area contributed by atoms with Crippen LogP contribution in [0.2, 0.25) is 5.02 Å². The van der Waals surface area contributed by atoms with Crippen LogP contribution >= 0.6 is 27.5 Å². The summed E-state index contributed by atoms with van der Waals surface area (Å²) in [7, 11) is 1.30. The van der Waals surface area contributed by atoms with Gasteiger partial charge < -0.3 is 9.47 Å². The molecule has 0 aliphatic heterocycles. The lowest BCUT2D eigenvalue weighted by Gasteiger charge is -2.08. The van der Waals surface area contributed by atoms with Gasteiger partial charge in [0.15, 0.2) is 0 Å². The smallest absolute Gasteiger partial charge is 0.313 e. The van der Waals surface area contributed by atoms with Gasteiger partial charge >= 0.3 is 11.7 Å². The van der Waals surface area contributed by atoms with Crippen molar-refractivity contribution in [2.75, 3.05) is 13.7 Å². The fraction of sp³-hybridized carbons (Fsp3) is 0.364. The summed E-state index contributed by atoms with van der Waals surface area (Å²) in [4.78, 5) is 21.2. The van der Waals surface area contributed by atoms with E-state index < -0.39 is 4.92 Å². The molecule has 0 spiro atoms. The third kappa shape index (κ3) is 4.68. The second-order valence-corrected chi connectivity index (χ2v) is 4.81. The fourth-order valence-electron chi connectivity index (χ4n) is 1.32. The van der Waals surface area contributed by atoms with Crippen LogP contribution in [-0.4, -0.2) is 24.6 Å². The summed E-state index contributed by atoms with van der Waals surface area (Å²) in [5.41, 5.74) is -0.225. The molecule has 1 aromatic carbocycles. The summed E-state index contributed by atoms with van der Waals surface area (Å²) in [6, 6.07) is 2.71. The van der Waals surface area contributed by atoms with Gasteiger partial charge in [-0.2, -0.15) is 0 Å². The van der Waals surface area contributed by atoms with E-state index in [0.717, 1.165) is 0 Å². The lowest BCUT2D eigenvalue weighted by Crippen LogP contribution is -2.06. The van der Waals surface area contributed by atoms with Crippen molar-refractivity contribution in [2.45, 2.75) is 12.8 Å². The first-order valence-corrected chi connectivity index (χ1v) is 6.46. The van der Waals surface area contributed by atoms with Crippen LogP contribution in [0, 0.1) is 10.1 Å². The summed E-state index contributed by atoms with van der Waals surface area (Å²) in [5.74, 6) is -0.257. The zero-order chi connectivity index (χ0) is 14.4. The first kappa shape index (κ1) is 15.7. The van der Waals surface area contributed by atoms with Crippen molar-refractivity contribution >= 4 is 39.2 Å². The average molecular weight is 353 g/mol. The number of nitrogens with zero attached hydrogens (tertiary/aromatic N) is 1. The maximum absolute atomic E-state index is 10.9. The van der Waals surface area contributed by atoms with Gasteiger partial charge in [0.1, 0.15) is 0 Å². The molecule has 0 heterocycles. The molecule has 1 rings (SSSR count). The zero-order valence-electron chi connectivity index (χ0n) is 10.0. The minimum Gasteiger partial charge on any atom is -0.486 e. The van der Waals surface area contributed by atoms with Crippen LogP contribution in [-0.2, 0) is 9.53 Å². The van der Waals surface area contributed by atoms with Gasteiger partial charge in [-0.3, -0.25) is 14.9 Å². The van der Waals surface area contributed by atoms with Crippen LogP contribution in [0.25, 0.3) is 0 Å². The van der Waals surface area contributed by atoms with E-state index in [1.165, 1.54) is 19.2 Å². The maximum atomic E-state index is 10.9. The molecule has 0 saturated heterocycles. The third-order valence-corrected chi connectivity index (χ3v) is 2.99. The van der Waals surface area contributed by atoms with Crippen molar-refractivity contribution in [3.05, 3.63) is 31.7 Å². The summed E-state index contributed by atoms with van der Waals surface area (Å²) < 4.78 is 10.2. The summed E-state index contributed by atoms with van der Waals surface area (Å²) in [6.45, 7) is 0.163. The minimum atomic E-state index is -0.577. The van der Waals surface area contributed by atoms with E-state index in [4.69, 9.17) is 16.3 Å². The lowest BCUT2D eigenvalue weighted by molar-refractivity contribution is -0.385. The molecule has 0 fully saturated rings. The van der Waals surface area contributed by atoms with Crippen molar-refractivity contribution in [2.24, 2.45) is 0 Å². The number of ether oxygens (including phenoxy) is 2. The molecule has 0 aliphatic rings. The van der Waals surface area contributed by atoms with Crippen LogP contribution < -0.4 is 4.74 Å². The predicted octanol–water partition coefficient (Wildman–Crippen LogP) is 3.34. The molecule has 0 aliphatic carbocycles. The number of esters is 1. The van der Waals surface area contributed by atoms with Gasteiger partial charge in [-0.1, -0.05) is 11.6 Å². The Morgan fingerprint density at radius 1 is 1.53 bits per heavy atom. The lowest BCUT2D eigenvalue weighted by atomic mass is 10.3. The molecule has 0 amide bonds. The Balaban J connectivity index is 2.72. The van der Waals surface area contributed by atoms with E-state index in [-0.39, 0.29) is 35.5 Å². The Morgan fingerprint density at radius 2 is 2.21 bits per heavy atom. The van der Waals surface area contributed by atoms with Crippen molar-refractivity contribution in [3.63, 3.8) is 0 Å². The standard InChI is InChI=1S/C11H11BrClNO5/c1-18-10(15)3-2-4-19-11-8(12)5-7(13)6-9(11)14(16)17/h5-6H,2-4H2,1H3.